The molecule has 25 heavy (non-hydrogen) atoms. The summed E-state index contributed by atoms with van der Waals surface area (Å²) in [5, 5.41) is 3.05. The third-order valence-corrected chi connectivity index (χ3v) is 4.42. The zero-order valence-corrected chi connectivity index (χ0v) is 14.7. The first-order valence-corrected chi connectivity index (χ1v) is 8.54. The van der Waals surface area contributed by atoms with Crippen LogP contribution in [0.5, 0.6) is 5.75 Å². The molecule has 5 heteroatoms. The van der Waals surface area contributed by atoms with Crippen molar-refractivity contribution in [2.45, 2.75) is 25.9 Å². The number of hydrogen-bond donors (Lipinski definition) is 1. The van der Waals surface area contributed by atoms with Gasteiger partial charge < -0.3 is 19.7 Å². The molecule has 1 heterocycles. The summed E-state index contributed by atoms with van der Waals surface area (Å²) in [6.45, 7) is 3.63. The van der Waals surface area contributed by atoms with Crippen LogP contribution in [0.1, 0.15) is 18.1 Å². The molecule has 132 valence electrons. The first kappa shape index (κ1) is 17.3. The highest BCUT2D eigenvalue weighted by Gasteiger charge is 2.25. The number of amides is 2. The average Bonchev–Trinajstić information content (AvgIpc) is 2.80. The van der Waals surface area contributed by atoms with Gasteiger partial charge in [0.05, 0.1) is 19.2 Å². The number of anilines is 1. The van der Waals surface area contributed by atoms with Gasteiger partial charge in [0.15, 0.2) is 0 Å². The van der Waals surface area contributed by atoms with E-state index in [0.717, 1.165) is 29.0 Å². The summed E-state index contributed by atoms with van der Waals surface area (Å²) in [4.78, 5) is 14.7. The molecule has 0 saturated heterocycles. The summed E-state index contributed by atoms with van der Waals surface area (Å²) in [5.74, 6) is 0.852. The molecule has 0 aromatic heterocycles. The molecular weight excluding hydrogens is 316 g/mol. The lowest BCUT2D eigenvalue weighted by Crippen LogP contribution is -2.42. The van der Waals surface area contributed by atoms with Gasteiger partial charge in [-0.3, -0.25) is 0 Å². The third-order valence-electron chi connectivity index (χ3n) is 4.42. The molecule has 1 aliphatic rings. The Morgan fingerprint density at radius 3 is 2.84 bits per heavy atom. The summed E-state index contributed by atoms with van der Waals surface area (Å²) in [6.07, 6.45) is 0.758. The zero-order valence-electron chi connectivity index (χ0n) is 14.7. The normalized spacial score (nSPS) is 16.6. The summed E-state index contributed by atoms with van der Waals surface area (Å²) >= 11 is 0. The highest BCUT2D eigenvalue weighted by molar-refractivity contribution is 5.90. The lowest BCUT2D eigenvalue weighted by atomic mass is 10.1. The lowest BCUT2D eigenvalue weighted by Gasteiger charge is -2.27. The van der Waals surface area contributed by atoms with Gasteiger partial charge in [-0.15, -0.1) is 0 Å². The average molecular weight is 340 g/mol. The van der Waals surface area contributed by atoms with E-state index in [2.05, 4.69) is 5.32 Å². The number of urea groups is 1. The topological polar surface area (TPSA) is 50.8 Å². The fraction of sp³-hybridized carbons (Fsp3) is 0.350. The summed E-state index contributed by atoms with van der Waals surface area (Å²) in [7, 11) is 1.68. The highest BCUT2D eigenvalue weighted by Crippen LogP contribution is 2.25. The molecular formula is C20H24N2O3. The lowest BCUT2D eigenvalue weighted by molar-refractivity contribution is 0.168. The number of carbonyl (C=O) groups excluding carboxylic acids is 1. The second kappa shape index (κ2) is 8.03. The number of para-hydroxylation sites is 2. The van der Waals surface area contributed by atoms with Crippen molar-refractivity contribution in [3.63, 3.8) is 0 Å². The van der Waals surface area contributed by atoms with Crippen molar-refractivity contribution < 1.29 is 14.3 Å². The fourth-order valence-electron chi connectivity index (χ4n) is 2.95. The Bertz CT molecular complexity index is 732. The molecule has 0 radical (unpaired) electrons. The Balaban J connectivity index is 1.76. The van der Waals surface area contributed by atoms with Gasteiger partial charge in [-0.05, 0) is 31.0 Å². The Hall–Kier alpha value is -2.53. The van der Waals surface area contributed by atoms with Crippen molar-refractivity contribution in [1.82, 2.24) is 4.90 Å². The minimum atomic E-state index is -0.113. The maximum absolute atomic E-state index is 12.9. The number of hydrogen-bond acceptors (Lipinski definition) is 3. The quantitative estimate of drug-likeness (QED) is 0.923. The van der Waals surface area contributed by atoms with Gasteiger partial charge >= 0.3 is 6.03 Å². The molecule has 2 aromatic carbocycles. The highest BCUT2D eigenvalue weighted by atomic mass is 16.5. The van der Waals surface area contributed by atoms with Crippen molar-refractivity contribution >= 4 is 11.7 Å². The molecule has 1 aliphatic heterocycles. The standard InChI is InChI=1S/C20H24N2O3/c1-15-14-25-19-10-6-4-8-17(19)13-22(15)20(23)21-18-9-5-3-7-16(18)11-12-24-2/h3-10,15H,11-14H2,1-2H3,(H,21,23)/t15-/m1/s1. The number of nitrogens with one attached hydrogen (secondary N) is 1. The van der Waals surface area contributed by atoms with E-state index in [1.165, 1.54) is 0 Å². The molecule has 2 aromatic rings. The van der Waals surface area contributed by atoms with Crippen LogP contribution in [0.4, 0.5) is 10.5 Å². The second-order valence-electron chi connectivity index (χ2n) is 6.23. The van der Waals surface area contributed by atoms with E-state index < -0.39 is 0 Å². The monoisotopic (exact) mass is 340 g/mol. The van der Waals surface area contributed by atoms with Gasteiger partial charge in [-0.2, -0.15) is 0 Å². The summed E-state index contributed by atoms with van der Waals surface area (Å²) in [6, 6.07) is 15.6. The van der Waals surface area contributed by atoms with E-state index in [9.17, 15) is 4.79 Å². The van der Waals surface area contributed by atoms with Crippen molar-refractivity contribution in [2.75, 3.05) is 25.6 Å². The molecule has 0 saturated carbocycles. The van der Waals surface area contributed by atoms with Gasteiger partial charge in [0.25, 0.3) is 0 Å². The zero-order chi connectivity index (χ0) is 17.6. The maximum atomic E-state index is 12.9. The molecule has 0 bridgehead atoms. The van der Waals surface area contributed by atoms with Gasteiger partial charge in [-0.1, -0.05) is 36.4 Å². The van der Waals surface area contributed by atoms with Crippen molar-refractivity contribution in [3.8, 4) is 5.75 Å². The minimum absolute atomic E-state index is 0.0152. The van der Waals surface area contributed by atoms with E-state index in [1.54, 1.807) is 7.11 Å². The molecule has 2 amide bonds. The van der Waals surface area contributed by atoms with Gasteiger partial charge in [0, 0.05) is 18.4 Å². The summed E-state index contributed by atoms with van der Waals surface area (Å²) < 4.78 is 11.0. The third kappa shape index (κ3) is 4.12. The van der Waals surface area contributed by atoms with Crippen LogP contribution in [0, 0.1) is 0 Å². The van der Waals surface area contributed by atoms with Crippen LogP contribution in [-0.4, -0.2) is 37.3 Å². The SMILES string of the molecule is COCCc1ccccc1NC(=O)N1Cc2ccccc2OC[C@H]1C. The first-order chi connectivity index (χ1) is 12.2. The van der Waals surface area contributed by atoms with Crippen LogP contribution in [0.25, 0.3) is 0 Å². The minimum Gasteiger partial charge on any atom is -0.491 e. The molecule has 1 N–H and O–H groups in total. The van der Waals surface area contributed by atoms with Gasteiger partial charge in [0.1, 0.15) is 12.4 Å². The predicted octanol–water partition coefficient (Wildman–Crippen LogP) is 3.69. The fourth-order valence-corrected chi connectivity index (χ4v) is 2.95. The molecule has 0 fully saturated rings. The smallest absolute Gasteiger partial charge is 0.322 e. The Kier molecular flexibility index (Phi) is 5.56. The number of methoxy groups -OCH3 is 1. The Labute approximate surface area is 148 Å². The second-order valence-corrected chi connectivity index (χ2v) is 6.23. The summed E-state index contributed by atoms with van der Waals surface area (Å²) in [5.41, 5.74) is 2.92. The molecule has 0 spiro atoms. The number of rotatable bonds is 4. The van der Waals surface area contributed by atoms with Crippen molar-refractivity contribution in [3.05, 3.63) is 59.7 Å². The van der Waals surface area contributed by atoms with E-state index in [4.69, 9.17) is 9.47 Å². The van der Waals surface area contributed by atoms with Crippen LogP contribution in [0.15, 0.2) is 48.5 Å². The number of nitrogens with zero attached hydrogens (tertiary/aromatic N) is 1. The van der Waals surface area contributed by atoms with E-state index in [0.29, 0.717) is 19.8 Å². The van der Waals surface area contributed by atoms with E-state index in [1.807, 2.05) is 60.4 Å². The Morgan fingerprint density at radius 1 is 1.24 bits per heavy atom. The van der Waals surface area contributed by atoms with Gasteiger partial charge in [0.2, 0.25) is 0 Å². The van der Waals surface area contributed by atoms with Crippen molar-refractivity contribution in [1.29, 1.82) is 0 Å². The maximum Gasteiger partial charge on any atom is 0.322 e. The number of carbonyl (C=O) groups is 1. The molecule has 0 unspecified atom stereocenters. The molecule has 1 atom stereocenters. The Morgan fingerprint density at radius 2 is 2.00 bits per heavy atom. The van der Waals surface area contributed by atoms with Crippen LogP contribution in [0.2, 0.25) is 0 Å². The van der Waals surface area contributed by atoms with Crippen LogP contribution in [-0.2, 0) is 17.7 Å². The molecule has 0 aliphatic carbocycles. The number of benzene rings is 2. The number of fused-ring (bicyclic) bond motifs is 1. The van der Waals surface area contributed by atoms with Crippen LogP contribution < -0.4 is 10.1 Å². The first-order valence-electron chi connectivity index (χ1n) is 8.54. The largest absolute Gasteiger partial charge is 0.491 e. The molecule has 5 nitrogen and oxygen atoms in total. The van der Waals surface area contributed by atoms with E-state index in [-0.39, 0.29) is 12.1 Å². The number of ether oxygens (including phenoxy) is 2. The predicted molar refractivity (Wildman–Crippen MR) is 98.0 cm³/mol. The van der Waals surface area contributed by atoms with Crippen LogP contribution in [0.3, 0.4) is 0 Å². The molecule has 3 rings (SSSR count). The van der Waals surface area contributed by atoms with Gasteiger partial charge in [-0.25, -0.2) is 4.79 Å². The van der Waals surface area contributed by atoms with Crippen LogP contribution >= 0.6 is 0 Å². The van der Waals surface area contributed by atoms with Crippen molar-refractivity contribution in [2.24, 2.45) is 0 Å². The van der Waals surface area contributed by atoms with E-state index >= 15 is 0 Å².